The third-order valence-corrected chi connectivity index (χ3v) is 2.68. The van der Waals surface area contributed by atoms with Gasteiger partial charge in [-0.05, 0) is 24.6 Å². The molecular formula is C12H14N2O3. The molecule has 0 atom stereocenters. The van der Waals surface area contributed by atoms with Gasteiger partial charge in [-0.1, -0.05) is 6.07 Å². The van der Waals surface area contributed by atoms with Crippen molar-refractivity contribution >= 4 is 17.6 Å². The zero-order chi connectivity index (χ0) is 12.4. The Bertz CT molecular complexity index is 471. The lowest BCUT2D eigenvalue weighted by atomic mass is 10.1. The summed E-state index contributed by atoms with van der Waals surface area (Å²) in [7, 11) is 1.56. The van der Waals surface area contributed by atoms with Gasteiger partial charge in [-0.25, -0.2) is 4.79 Å². The Morgan fingerprint density at radius 1 is 1.35 bits per heavy atom. The highest BCUT2D eigenvalue weighted by atomic mass is 16.5. The van der Waals surface area contributed by atoms with Crippen LogP contribution >= 0.6 is 0 Å². The van der Waals surface area contributed by atoms with E-state index in [0.29, 0.717) is 24.4 Å². The molecule has 5 nitrogen and oxygen atoms in total. The molecular weight excluding hydrogens is 220 g/mol. The fourth-order valence-corrected chi connectivity index (χ4v) is 1.80. The van der Waals surface area contributed by atoms with Crippen LogP contribution in [0.3, 0.4) is 0 Å². The van der Waals surface area contributed by atoms with E-state index >= 15 is 0 Å². The molecule has 1 saturated heterocycles. The van der Waals surface area contributed by atoms with Crippen LogP contribution in [0.5, 0.6) is 5.75 Å². The van der Waals surface area contributed by atoms with Crippen LogP contribution in [0.4, 0.5) is 10.5 Å². The highest BCUT2D eigenvalue weighted by Crippen LogP contribution is 2.30. The number of urea groups is 1. The molecule has 1 heterocycles. The van der Waals surface area contributed by atoms with Gasteiger partial charge in [0.15, 0.2) is 0 Å². The number of hydrogen-bond donors (Lipinski definition) is 1. The molecule has 0 aliphatic carbocycles. The smallest absolute Gasteiger partial charge is 0.328 e. The maximum atomic E-state index is 11.7. The minimum absolute atomic E-state index is 0.238. The van der Waals surface area contributed by atoms with Crippen LogP contribution in [0.2, 0.25) is 0 Å². The Morgan fingerprint density at radius 2 is 2.12 bits per heavy atom. The molecule has 1 aliphatic rings. The third-order valence-electron chi connectivity index (χ3n) is 2.68. The Morgan fingerprint density at radius 3 is 2.76 bits per heavy atom. The summed E-state index contributed by atoms with van der Waals surface area (Å²) in [5.41, 5.74) is 1.73. The largest absolute Gasteiger partial charge is 0.495 e. The lowest BCUT2D eigenvalue weighted by molar-refractivity contribution is -0.120. The summed E-state index contributed by atoms with van der Waals surface area (Å²) < 4.78 is 5.22. The molecule has 0 saturated carbocycles. The number of carbonyl (C=O) groups is 2. The molecule has 1 aliphatic heterocycles. The van der Waals surface area contributed by atoms with E-state index in [9.17, 15) is 9.59 Å². The molecule has 0 bridgehead atoms. The molecule has 17 heavy (non-hydrogen) atoms. The van der Waals surface area contributed by atoms with E-state index in [0.717, 1.165) is 5.56 Å². The SMILES string of the molecule is COc1ccc(C)cc1N1CCC(=O)NC1=O. The molecule has 90 valence electrons. The molecule has 0 radical (unpaired) electrons. The lowest BCUT2D eigenvalue weighted by Gasteiger charge is -2.28. The average molecular weight is 234 g/mol. The van der Waals surface area contributed by atoms with Gasteiger partial charge in [0.25, 0.3) is 0 Å². The molecule has 0 unspecified atom stereocenters. The minimum atomic E-state index is -0.398. The quantitative estimate of drug-likeness (QED) is 0.842. The Kier molecular flexibility index (Phi) is 2.99. The summed E-state index contributed by atoms with van der Waals surface area (Å²) in [6.45, 7) is 2.32. The number of ether oxygens (including phenoxy) is 1. The van der Waals surface area contributed by atoms with E-state index in [4.69, 9.17) is 4.74 Å². The van der Waals surface area contributed by atoms with Gasteiger partial charge < -0.3 is 4.74 Å². The maximum absolute atomic E-state index is 11.7. The Labute approximate surface area is 99.4 Å². The number of nitrogens with one attached hydrogen (secondary N) is 1. The van der Waals surface area contributed by atoms with Crippen LogP contribution in [-0.4, -0.2) is 25.6 Å². The van der Waals surface area contributed by atoms with E-state index in [1.54, 1.807) is 7.11 Å². The van der Waals surface area contributed by atoms with Crippen LogP contribution in [0, 0.1) is 6.92 Å². The van der Waals surface area contributed by atoms with Crippen molar-refractivity contribution in [2.45, 2.75) is 13.3 Å². The first-order valence-electron chi connectivity index (χ1n) is 5.38. The third kappa shape index (κ3) is 2.22. The number of anilines is 1. The van der Waals surface area contributed by atoms with Crippen LogP contribution in [0.15, 0.2) is 18.2 Å². The van der Waals surface area contributed by atoms with Crippen LogP contribution in [0.25, 0.3) is 0 Å². The van der Waals surface area contributed by atoms with E-state index in [1.165, 1.54) is 4.90 Å². The van der Waals surface area contributed by atoms with Crippen molar-refractivity contribution in [2.75, 3.05) is 18.6 Å². The monoisotopic (exact) mass is 234 g/mol. The second kappa shape index (κ2) is 4.45. The molecule has 0 aromatic heterocycles. The summed E-state index contributed by atoms with van der Waals surface area (Å²) in [6, 6.07) is 5.20. The molecule has 2 rings (SSSR count). The molecule has 0 spiro atoms. The highest BCUT2D eigenvalue weighted by Gasteiger charge is 2.26. The number of imide groups is 1. The number of benzene rings is 1. The average Bonchev–Trinajstić information content (AvgIpc) is 2.29. The van der Waals surface area contributed by atoms with Gasteiger partial charge in [-0.3, -0.25) is 15.0 Å². The lowest BCUT2D eigenvalue weighted by Crippen LogP contribution is -2.49. The zero-order valence-electron chi connectivity index (χ0n) is 9.82. The predicted octanol–water partition coefficient (Wildman–Crippen LogP) is 1.45. The first-order chi connectivity index (χ1) is 8.11. The number of aryl methyl sites for hydroxylation is 1. The van der Waals surface area contributed by atoms with Gasteiger partial charge in [0.2, 0.25) is 5.91 Å². The number of hydrogen-bond acceptors (Lipinski definition) is 3. The number of amides is 3. The van der Waals surface area contributed by atoms with Gasteiger partial charge in [0.05, 0.1) is 12.8 Å². The van der Waals surface area contributed by atoms with Crippen molar-refractivity contribution in [2.24, 2.45) is 0 Å². The molecule has 3 amide bonds. The summed E-state index contributed by atoms with van der Waals surface area (Å²) in [6.07, 6.45) is 0.308. The Hall–Kier alpha value is -2.04. The second-order valence-corrected chi connectivity index (χ2v) is 3.93. The normalized spacial score (nSPS) is 15.8. The molecule has 1 N–H and O–H groups in total. The van der Waals surface area contributed by atoms with Gasteiger partial charge >= 0.3 is 6.03 Å². The van der Waals surface area contributed by atoms with Crippen molar-refractivity contribution < 1.29 is 14.3 Å². The number of rotatable bonds is 2. The summed E-state index contributed by atoms with van der Waals surface area (Å²) in [5, 5.41) is 2.29. The van der Waals surface area contributed by atoms with Gasteiger partial charge in [-0.2, -0.15) is 0 Å². The number of methoxy groups -OCH3 is 1. The van der Waals surface area contributed by atoms with Gasteiger partial charge in [-0.15, -0.1) is 0 Å². The highest BCUT2D eigenvalue weighted by molar-refractivity contribution is 6.06. The molecule has 1 aromatic rings. The minimum Gasteiger partial charge on any atom is -0.495 e. The van der Waals surface area contributed by atoms with Crippen LogP contribution < -0.4 is 15.0 Å². The zero-order valence-corrected chi connectivity index (χ0v) is 9.82. The van der Waals surface area contributed by atoms with E-state index < -0.39 is 6.03 Å². The topological polar surface area (TPSA) is 58.6 Å². The first-order valence-corrected chi connectivity index (χ1v) is 5.38. The molecule has 1 aromatic carbocycles. The summed E-state index contributed by atoms with van der Waals surface area (Å²) >= 11 is 0. The van der Waals surface area contributed by atoms with E-state index in [2.05, 4.69) is 5.32 Å². The summed E-state index contributed by atoms with van der Waals surface area (Å²) in [5.74, 6) is 0.387. The fourth-order valence-electron chi connectivity index (χ4n) is 1.80. The molecule has 1 fully saturated rings. The predicted molar refractivity (Wildman–Crippen MR) is 63.2 cm³/mol. The number of carbonyl (C=O) groups excluding carboxylic acids is 2. The number of nitrogens with zero attached hydrogens (tertiary/aromatic N) is 1. The summed E-state index contributed by atoms with van der Waals surface area (Å²) in [4.78, 5) is 24.3. The van der Waals surface area contributed by atoms with Gasteiger partial charge in [0, 0.05) is 13.0 Å². The van der Waals surface area contributed by atoms with E-state index in [-0.39, 0.29) is 5.91 Å². The standard InChI is InChI=1S/C12H14N2O3/c1-8-3-4-10(17-2)9(7-8)14-6-5-11(15)13-12(14)16/h3-4,7H,5-6H2,1-2H3,(H,13,15,16). The fraction of sp³-hybridized carbons (Fsp3) is 0.333. The van der Waals surface area contributed by atoms with Crippen molar-refractivity contribution in [1.29, 1.82) is 0 Å². The van der Waals surface area contributed by atoms with Crippen molar-refractivity contribution in [3.05, 3.63) is 23.8 Å². The van der Waals surface area contributed by atoms with Crippen LogP contribution in [-0.2, 0) is 4.79 Å². The van der Waals surface area contributed by atoms with Crippen molar-refractivity contribution in [1.82, 2.24) is 5.32 Å². The molecule has 5 heteroatoms. The second-order valence-electron chi connectivity index (χ2n) is 3.93. The van der Waals surface area contributed by atoms with Crippen molar-refractivity contribution in [3.8, 4) is 5.75 Å². The maximum Gasteiger partial charge on any atom is 0.328 e. The van der Waals surface area contributed by atoms with E-state index in [1.807, 2.05) is 25.1 Å². The Balaban J connectivity index is 2.35. The van der Waals surface area contributed by atoms with Gasteiger partial charge in [0.1, 0.15) is 5.75 Å². The first kappa shape index (κ1) is 11.4. The van der Waals surface area contributed by atoms with Crippen LogP contribution in [0.1, 0.15) is 12.0 Å². The van der Waals surface area contributed by atoms with Crippen molar-refractivity contribution in [3.63, 3.8) is 0 Å².